The Kier molecular flexibility index (Phi) is 3.02. The summed E-state index contributed by atoms with van der Waals surface area (Å²) >= 11 is 1.89. The molecule has 2 aliphatic rings. The maximum atomic E-state index is 9.04. The van der Waals surface area contributed by atoms with Crippen molar-refractivity contribution >= 4 is 11.8 Å². The Bertz CT molecular complexity index is 284. The minimum atomic E-state index is 0.599. The van der Waals surface area contributed by atoms with Crippen LogP contribution < -0.4 is 0 Å². The number of nitriles is 1. The molecule has 76 valence electrons. The molecule has 0 aromatic carbocycles. The molecule has 2 nitrogen and oxygen atoms in total. The first kappa shape index (κ1) is 9.92. The van der Waals surface area contributed by atoms with E-state index in [1.807, 2.05) is 11.8 Å². The molecule has 0 saturated carbocycles. The van der Waals surface area contributed by atoms with E-state index in [2.05, 4.69) is 17.9 Å². The van der Waals surface area contributed by atoms with Crippen LogP contribution >= 0.6 is 11.8 Å². The van der Waals surface area contributed by atoms with Crippen molar-refractivity contribution in [3.8, 4) is 6.07 Å². The van der Waals surface area contributed by atoms with Crippen molar-refractivity contribution in [1.29, 1.82) is 5.26 Å². The average Bonchev–Trinajstić information content (AvgIpc) is 2.61. The molecule has 0 spiro atoms. The van der Waals surface area contributed by atoms with Crippen molar-refractivity contribution in [1.82, 2.24) is 4.90 Å². The quantitative estimate of drug-likeness (QED) is 0.663. The zero-order chi connectivity index (χ0) is 9.97. The molecule has 0 aliphatic carbocycles. The average molecular weight is 208 g/mol. The van der Waals surface area contributed by atoms with E-state index in [0.29, 0.717) is 5.25 Å². The van der Waals surface area contributed by atoms with E-state index >= 15 is 0 Å². The predicted molar refractivity (Wildman–Crippen MR) is 59.7 cm³/mol. The number of nitrogens with zero attached hydrogens (tertiary/aromatic N) is 2. The Morgan fingerprint density at radius 1 is 1.36 bits per heavy atom. The first-order valence-corrected chi connectivity index (χ1v) is 6.24. The van der Waals surface area contributed by atoms with E-state index in [4.69, 9.17) is 5.26 Å². The van der Waals surface area contributed by atoms with Crippen molar-refractivity contribution in [3.63, 3.8) is 0 Å². The molecule has 2 heterocycles. The second-order valence-electron chi connectivity index (χ2n) is 4.08. The van der Waals surface area contributed by atoms with Crippen LogP contribution in [0.25, 0.3) is 0 Å². The first-order chi connectivity index (χ1) is 6.81. The Labute approximate surface area is 90.0 Å². The van der Waals surface area contributed by atoms with Gasteiger partial charge in [-0.1, -0.05) is 6.92 Å². The van der Waals surface area contributed by atoms with Gasteiger partial charge < -0.3 is 4.90 Å². The van der Waals surface area contributed by atoms with Crippen molar-refractivity contribution in [3.05, 3.63) is 10.6 Å². The maximum Gasteiger partial charge on any atom is 0.0975 e. The number of allylic oxidation sites excluding steroid dienone is 1. The summed E-state index contributed by atoms with van der Waals surface area (Å²) in [5.41, 5.74) is 1.02. The Morgan fingerprint density at radius 3 is 2.71 bits per heavy atom. The second-order valence-corrected chi connectivity index (χ2v) is 5.50. The molecule has 0 aromatic rings. The van der Waals surface area contributed by atoms with E-state index in [9.17, 15) is 0 Å². The number of rotatable bonds is 1. The van der Waals surface area contributed by atoms with E-state index in [1.54, 1.807) is 0 Å². The van der Waals surface area contributed by atoms with E-state index in [-0.39, 0.29) is 0 Å². The normalized spacial score (nSPS) is 28.0. The predicted octanol–water partition coefficient (Wildman–Crippen LogP) is 2.73. The molecule has 0 bridgehead atoms. The van der Waals surface area contributed by atoms with Gasteiger partial charge in [0.05, 0.1) is 16.7 Å². The zero-order valence-electron chi connectivity index (χ0n) is 8.62. The molecule has 3 heteroatoms. The Balaban J connectivity index is 2.11. The van der Waals surface area contributed by atoms with E-state index in [0.717, 1.165) is 25.1 Å². The summed E-state index contributed by atoms with van der Waals surface area (Å²) in [6, 6.07) is 2.36. The summed E-state index contributed by atoms with van der Waals surface area (Å²) in [6.45, 7) is 4.51. The minimum absolute atomic E-state index is 0.599. The van der Waals surface area contributed by atoms with Crippen LogP contribution in [-0.2, 0) is 0 Å². The zero-order valence-corrected chi connectivity index (χ0v) is 9.44. The van der Waals surface area contributed by atoms with Gasteiger partial charge in [-0.2, -0.15) is 5.26 Å². The molecule has 0 aromatic heterocycles. The van der Waals surface area contributed by atoms with Crippen LogP contribution in [0.3, 0.4) is 0 Å². The minimum Gasteiger partial charge on any atom is -0.366 e. The molecule has 0 N–H and O–H groups in total. The Morgan fingerprint density at radius 2 is 2.07 bits per heavy atom. The lowest BCUT2D eigenvalue weighted by molar-refractivity contribution is 0.301. The van der Waals surface area contributed by atoms with Gasteiger partial charge in [-0.15, -0.1) is 11.8 Å². The fraction of sp³-hybridized carbons (Fsp3) is 0.727. The summed E-state index contributed by atoms with van der Waals surface area (Å²) in [5.74, 6) is 0. The number of piperidine rings is 1. The van der Waals surface area contributed by atoms with Gasteiger partial charge in [-0.3, -0.25) is 0 Å². The number of thioether (sulfide) groups is 1. The van der Waals surface area contributed by atoms with E-state index in [1.165, 1.54) is 24.3 Å². The van der Waals surface area contributed by atoms with Crippen LogP contribution in [0.2, 0.25) is 0 Å². The monoisotopic (exact) mass is 208 g/mol. The molecular weight excluding hydrogens is 192 g/mol. The maximum absolute atomic E-state index is 9.04. The molecule has 0 amide bonds. The highest BCUT2D eigenvalue weighted by Crippen LogP contribution is 2.39. The van der Waals surface area contributed by atoms with Gasteiger partial charge in [0.2, 0.25) is 0 Å². The molecule has 2 aliphatic heterocycles. The van der Waals surface area contributed by atoms with Gasteiger partial charge in [0, 0.05) is 18.3 Å². The Hall–Kier alpha value is -0.620. The van der Waals surface area contributed by atoms with Crippen molar-refractivity contribution < 1.29 is 0 Å². The number of likely N-dealkylation sites (tertiary alicyclic amines) is 1. The van der Waals surface area contributed by atoms with Gasteiger partial charge in [0.1, 0.15) is 0 Å². The van der Waals surface area contributed by atoms with Gasteiger partial charge in [0.15, 0.2) is 0 Å². The van der Waals surface area contributed by atoms with Crippen LogP contribution in [0.5, 0.6) is 0 Å². The lowest BCUT2D eigenvalue weighted by Crippen LogP contribution is -2.28. The van der Waals surface area contributed by atoms with Crippen LogP contribution in [-0.4, -0.2) is 23.2 Å². The number of hydrogen-bond acceptors (Lipinski definition) is 3. The first-order valence-electron chi connectivity index (χ1n) is 5.36. The summed E-state index contributed by atoms with van der Waals surface area (Å²) < 4.78 is 0. The lowest BCUT2D eigenvalue weighted by atomic mass is 10.1. The molecule has 1 fully saturated rings. The van der Waals surface area contributed by atoms with Gasteiger partial charge >= 0.3 is 0 Å². The molecule has 2 rings (SSSR count). The summed E-state index contributed by atoms with van der Waals surface area (Å²) in [4.78, 5) is 2.41. The van der Waals surface area contributed by atoms with Crippen molar-refractivity contribution in [2.75, 3.05) is 13.1 Å². The van der Waals surface area contributed by atoms with Crippen LogP contribution in [0.1, 0.15) is 32.6 Å². The second kappa shape index (κ2) is 4.27. The molecule has 1 atom stereocenters. The summed E-state index contributed by atoms with van der Waals surface area (Å²) in [7, 11) is 0. The SMILES string of the molecule is CC1CC(C#N)=C(N2CCCCC2)S1. The smallest absolute Gasteiger partial charge is 0.0975 e. The van der Waals surface area contributed by atoms with Gasteiger partial charge in [-0.25, -0.2) is 0 Å². The van der Waals surface area contributed by atoms with Crippen LogP contribution in [0, 0.1) is 11.3 Å². The molecule has 0 radical (unpaired) electrons. The number of hydrogen-bond donors (Lipinski definition) is 0. The van der Waals surface area contributed by atoms with Crippen LogP contribution in [0.4, 0.5) is 0 Å². The van der Waals surface area contributed by atoms with E-state index < -0.39 is 0 Å². The topological polar surface area (TPSA) is 27.0 Å². The fourth-order valence-corrected chi connectivity index (χ4v) is 3.37. The van der Waals surface area contributed by atoms with Gasteiger partial charge in [0.25, 0.3) is 0 Å². The largest absolute Gasteiger partial charge is 0.366 e. The molecular formula is C11H16N2S. The standard InChI is InChI=1S/C11H16N2S/c1-9-7-10(8-12)11(14-9)13-5-3-2-4-6-13/h9H,2-7H2,1H3. The third-order valence-corrected chi connectivity index (χ3v) is 4.14. The molecule has 14 heavy (non-hydrogen) atoms. The fourth-order valence-electron chi connectivity index (χ4n) is 2.13. The highest BCUT2D eigenvalue weighted by molar-refractivity contribution is 8.03. The van der Waals surface area contributed by atoms with Gasteiger partial charge in [-0.05, 0) is 25.7 Å². The lowest BCUT2D eigenvalue weighted by Gasteiger charge is -2.29. The summed E-state index contributed by atoms with van der Waals surface area (Å²) in [6.07, 6.45) is 4.90. The summed E-state index contributed by atoms with van der Waals surface area (Å²) in [5, 5.41) is 10.9. The third kappa shape index (κ3) is 1.90. The van der Waals surface area contributed by atoms with Crippen molar-refractivity contribution in [2.45, 2.75) is 37.9 Å². The third-order valence-electron chi connectivity index (χ3n) is 2.84. The highest BCUT2D eigenvalue weighted by atomic mass is 32.2. The molecule has 1 unspecified atom stereocenters. The highest BCUT2D eigenvalue weighted by Gasteiger charge is 2.26. The van der Waals surface area contributed by atoms with Crippen LogP contribution in [0.15, 0.2) is 10.6 Å². The van der Waals surface area contributed by atoms with Crippen molar-refractivity contribution in [2.24, 2.45) is 0 Å². The molecule has 1 saturated heterocycles.